The Hall–Kier alpha value is -2.28. The number of hydrogen-bond donors (Lipinski definition) is 2. The van der Waals surface area contributed by atoms with E-state index in [2.05, 4.69) is 26.2 Å². The zero-order valence-electron chi connectivity index (χ0n) is 14.2. The Bertz CT molecular complexity index is 665. The molecular formula is C17H24N4O3. The van der Waals surface area contributed by atoms with E-state index in [1.165, 1.54) is 5.69 Å². The minimum Gasteiger partial charge on any atom is -0.463 e. The molecule has 7 heteroatoms. The summed E-state index contributed by atoms with van der Waals surface area (Å²) in [6, 6.07) is 4.20. The number of urea groups is 1. The van der Waals surface area contributed by atoms with Gasteiger partial charge in [-0.25, -0.2) is 9.59 Å². The van der Waals surface area contributed by atoms with E-state index in [9.17, 15) is 9.59 Å². The molecule has 0 aromatic carbocycles. The number of nitrogens with one attached hydrogen (secondary N) is 2. The van der Waals surface area contributed by atoms with Gasteiger partial charge in [-0.3, -0.25) is 4.90 Å². The Labute approximate surface area is 141 Å². The van der Waals surface area contributed by atoms with Crippen LogP contribution in [0.25, 0.3) is 0 Å². The summed E-state index contributed by atoms with van der Waals surface area (Å²) >= 11 is 0. The molecule has 1 aromatic rings. The summed E-state index contributed by atoms with van der Waals surface area (Å²) in [5.41, 5.74) is 2.42. The van der Waals surface area contributed by atoms with Crippen LogP contribution in [0.4, 0.5) is 4.79 Å². The highest BCUT2D eigenvalue weighted by Crippen LogP contribution is 2.32. The Kier molecular flexibility index (Phi) is 4.89. The maximum Gasteiger partial charge on any atom is 0.337 e. The lowest BCUT2D eigenvalue weighted by Gasteiger charge is -2.29. The minimum absolute atomic E-state index is 0.211. The first kappa shape index (κ1) is 16.6. The van der Waals surface area contributed by atoms with Gasteiger partial charge >= 0.3 is 12.0 Å². The number of esters is 1. The van der Waals surface area contributed by atoms with Crippen molar-refractivity contribution in [3.05, 3.63) is 35.3 Å². The molecule has 1 saturated heterocycles. The SMILES string of the molecule is CCOC(=O)C1=C(CN2CCC[C@@H]2c2cccn2C)NC(=O)NC1. The second-order valence-corrected chi connectivity index (χ2v) is 6.16. The second kappa shape index (κ2) is 7.09. The van der Waals surface area contributed by atoms with Gasteiger partial charge in [0.2, 0.25) is 0 Å². The highest BCUT2D eigenvalue weighted by molar-refractivity contribution is 5.93. The van der Waals surface area contributed by atoms with E-state index in [1.807, 2.05) is 19.3 Å². The first-order valence-corrected chi connectivity index (χ1v) is 8.39. The average molecular weight is 332 g/mol. The van der Waals surface area contributed by atoms with Crippen molar-refractivity contribution in [2.24, 2.45) is 7.05 Å². The van der Waals surface area contributed by atoms with Gasteiger partial charge in [0.05, 0.1) is 24.8 Å². The number of likely N-dealkylation sites (tertiary alicyclic amines) is 1. The summed E-state index contributed by atoms with van der Waals surface area (Å²) in [5, 5.41) is 5.44. The molecule has 7 nitrogen and oxygen atoms in total. The molecule has 0 radical (unpaired) electrons. The normalized spacial score (nSPS) is 21.6. The van der Waals surface area contributed by atoms with Crippen LogP contribution in [0.5, 0.6) is 0 Å². The summed E-state index contributed by atoms with van der Waals surface area (Å²) in [5.74, 6) is -0.366. The van der Waals surface area contributed by atoms with E-state index in [-0.39, 0.29) is 18.5 Å². The van der Waals surface area contributed by atoms with Gasteiger partial charge in [-0.05, 0) is 38.4 Å². The van der Waals surface area contributed by atoms with Crippen molar-refractivity contribution in [2.75, 3.05) is 26.2 Å². The third-order valence-corrected chi connectivity index (χ3v) is 4.63. The maximum absolute atomic E-state index is 12.2. The Balaban J connectivity index is 1.82. The van der Waals surface area contributed by atoms with Crippen LogP contribution in [-0.2, 0) is 16.6 Å². The van der Waals surface area contributed by atoms with Crippen molar-refractivity contribution in [3.8, 4) is 0 Å². The predicted molar refractivity (Wildman–Crippen MR) is 89.2 cm³/mol. The van der Waals surface area contributed by atoms with Gasteiger partial charge in [-0.1, -0.05) is 0 Å². The van der Waals surface area contributed by atoms with Crippen LogP contribution in [0.1, 0.15) is 31.5 Å². The molecule has 0 spiro atoms. The molecule has 2 N–H and O–H groups in total. The summed E-state index contributed by atoms with van der Waals surface area (Å²) in [6.45, 7) is 3.79. The smallest absolute Gasteiger partial charge is 0.337 e. The van der Waals surface area contributed by atoms with Gasteiger partial charge in [0.1, 0.15) is 0 Å². The highest BCUT2D eigenvalue weighted by atomic mass is 16.5. The summed E-state index contributed by atoms with van der Waals surface area (Å²) in [7, 11) is 2.04. The van der Waals surface area contributed by atoms with E-state index >= 15 is 0 Å². The number of aromatic nitrogens is 1. The molecule has 1 fully saturated rings. The number of carbonyl (C=O) groups is 2. The fraction of sp³-hybridized carbons (Fsp3) is 0.529. The van der Waals surface area contributed by atoms with E-state index in [0.29, 0.717) is 30.5 Å². The largest absolute Gasteiger partial charge is 0.463 e. The van der Waals surface area contributed by atoms with Crippen molar-refractivity contribution in [2.45, 2.75) is 25.8 Å². The summed E-state index contributed by atoms with van der Waals surface area (Å²) in [4.78, 5) is 26.2. The molecule has 24 heavy (non-hydrogen) atoms. The number of ether oxygens (including phenoxy) is 1. The van der Waals surface area contributed by atoms with E-state index in [1.54, 1.807) is 6.92 Å². The summed E-state index contributed by atoms with van der Waals surface area (Å²) < 4.78 is 7.25. The van der Waals surface area contributed by atoms with Gasteiger partial charge < -0.3 is 19.9 Å². The van der Waals surface area contributed by atoms with Gasteiger partial charge in [-0.2, -0.15) is 0 Å². The molecule has 3 rings (SSSR count). The third-order valence-electron chi connectivity index (χ3n) is 4.63. The van der Waals surface area contributed by atoms with E-state index in [0.717, 1.165) is 19.4 Å². The van der Waals surface area contributed by atoms with E-state index < -0.39 is 0 Å². The van der Waals surface area contributed by atoms with Crippen LogP contribution in [0.15, 0.2) is 29.6 Å². The molecular weight excluding hydrogens is 308 g/mol. The predicted octanol–water partition coefficient (Wildman–Crippen LogP) is 1.29. The molecule has 0 unspecified atom stereocenters. The molecule has 2 aliphatic heterocycles. The van der Waals surface area contributed by atoms with Crippen LogP contribution >= 0.6 is 0 Å². The zero-order valence-corrected chi connectivity index (χ0v) is 14.2. The van der Waals surface area contributed by atoms with Crippen molar-refractivity contribution < 1.29 is 14.3 Å². The molecule has 0 saturated carbocycles. The molecule has 3 heterocycles. The maximum atomic E-state index is 12.2. The molecule has 0 bridgehead atoms. The monoisotopic (exact) mass is 332 g/mol. The van der Waals surface area contributed by atoms with Crippen LogP contribution in [0.2, 0.25) is 0 Å². The number of amides is 2. The molecule has 2 aliphatic rings. The molecule has 1 atom stereocenters. The van der Waals surface area contributed by atoms with Crippen LogP contribution in [-0.4, -0.2) is 47.7 Å². The lowest BCUT2D eigenvalue weighted by atomic mass is 10.1. The van der Waals surface area contributed by atoms with Gasteiger partial charge in [0.25, 0.3) is 0 Å². The average Bonchev–Trinajstić information content (AvgIpc) is 3.16. The second-order valence-electron chi connectivity index (χ2n) is 6.16. The van der Waals surface area contributed by atoms with Crippen molar-refractivity contribution >= 4 is 12.0 Å². The first-order valence-electron chi connectivity index (χ1n) is 8.39. The Morgan fingerprint density at radius 3 is 3.00 bits per heavy atom. The topological polar surface area (TPSA) is 75.6 Å². The van der Waals surface area contributed by atoms with Gasteiger partial charge in [0, 0.05) is 31.2 Å². The molecule has 1 aromatic heterocycles. The number of nitrogens with zero attached hydrogens (tertiary/aromatic N) is 2. The molecule has 130 valence electrons. The minimum atomic E-state index is -0.366. The number of rotatable bonds is 5. The van der Waals surface area contributed by atoms with Crippen molar-refractivity contribution in [1.29, 1.82) is 0 Å². The fourth-order valence-corrected chi connectivity index (χ4v) is 3.45. The van der Waals surface area contributed by atoms with Gasteiger partial charge in [-0.15, -0.1) is 0 Å². The summed E-state index contributed by atoms with van der Waals surface area (Å²) in [6.07, 6.45) is 4.22. The van der Waals surface area contributed by atoms with Crippen molar-refractivity contribution in [3.63, 3.8) is 0 Å². The molecule has 2 amide bonds. The van der Waals surface area contributed by atoms with Crippen LogP contribution in [0.3, 0.4) is 0 Å². The quantitative estimate of drug-likeness (QED) is 0.797. The number of hydrogen-bond acceptors (Lipinski definition) is 4. The fourth-order valence-electron chi connectivity index (χ4n) is 3.45. The standard InChI is InChI=1S/C17H24N4O3/c1-3-24-16(22)12-10-18-17(23)19-13(12)11-21-9-5-7-15(21)14-6-4-8-20(14)2/h4,6,8,15H,3,5,7,9-11H2,1-2H3,(H2,18,19,23)/t15-/m1/s1. The Morgan fingerprint density at radius 1 is 1.46 bits per heavy atom. The third kappa shape index (κ3) is 3.31. The van der Waals surface area contributed by atoms with Gasteiger partial charge in [0.15, 0.2) is 0 Å². The van der Waals surface area contributed by atoms with E-state index in [4.69, 9.17) is 4.74 Å². The number of aryl methyl sites for hydroxylation is 1. The lowest BCUT2D eigenvalue weighted by molar-refractivity contribution is -0.138. The van der Waals surface area contributed by atoms with Crippen LogP contribution in [0, 0.1) is 0 Å². The zero-order chi connectivity index (χ0) is 17.1. The number of carbonyl (C=O) groups excluding carboxylic acids is 2. The van der Waals surface area contributed by atoms with Crippen LogP contribution < -0.4 is 10.6 Å². The first-order chi connectivity index (χ1) is 11.6. The Morgan fingerprint density at radius 2 is 2.29 bits per heavy atom. The molecule has 0 aliphatic carbocycles. The van der Waals surface area contributed by atoms with Crippen molar-refractivity contribution in [1.82, 2.24) is 20.1 Å². The lowest BCUT2D eigenvalue weighted by Crippen LogP contribution is -2.46. The highest BCUT2D eigenvalue weighted by Gasteiger charge is 2.31.